The second kappa shape index (κ2) is 7.94. The first-order valence-electron chi connectivity index (χ1n) is 7.79. The summed E-state index contributed by atoms with van der Waals surface area (Å²) in [5.41, 5.74) is 1.03. The summed E-state index contributed by atoms with van der Waals surface area (Å²) < 4.78 is 5.94. The normalized spacial score (nSPS) is 19.6. The van der Waals surface area contributed by atoms with E-state index in [-0.39, 0.29) is 12.0 Å². The van der Waals surface area contributed by atoms with Gasteiger partial charge in [0.2, 0.25) is 5.91 Å². The third-order valence-corrected chi connectivity index (χ3v) is 3.92. The van der Waals surface area contributed by atoms with Gasteiger partial charge < -0.3 is 15.0 Å². The monoisotopic (exact) mass is 303 g/mol. The number of rotatable bonds is 6. The molecule has 1 aliphatic heterocycles. The highest BCUT2D eigenvalue weighted by Gasteiger charge is 2.25. The predicted octanol–water partition coefficient (Wildman–Crippen LogP) is 2.09. The number of likely N-dealkylation sites (tertiary alicyclic amines) is 1. The summed E-state index contributed by atoms with van der Waals surface area (Å²) in [4.78, 5) is 17.4. The summed E-state index contributed by atoms with van der Waals surface area (Å²) in [5.74, 6) is 0.874. The van der Waals surface area contributed by atoms with Crippen molar-refractivity contribution in [3.05, 3.63) is 30.1 Å². The van der Waals surface area contributed by atoms with Crippen LogP contribution in [-0.2, 0) is 4.79 Å². The van der Waals surface area contributed by atoms with Crippen LogP contribution in [0.4, 0.5) is 0 Å². The smallest absolute Gasteiger partial charge is 0.219 e. The van der Waals surface area contributed by atoms with Crippen LogP contribution in [0.1, 0.15) is 32.3 Å². The zero-order valence-electron chi connectivity index (χ0n) is 13.6. The van der Waals surface area contributed by atoms with E-state index in [1.165, 1.54) is 0 Å². The Hall–Kier alpha value is -1.88. The molecular weight excluding hydrogens is 278 g/mol. The van der Waals surface area contributed by atoms with Crippen molar-refractivity contribution in [2.24, 2.45) is 0 Å². The van der Waals surface area contributed by atoms with Crippen LogP contribution in [0, 0.1) is 0 Å². The number of ether oxygens (including phenoxy) is 1. The lowest BCUT2D eigenvalue weighted by Crippen LogP contribution is -2.28. The lowest BCUT2D eigenvalue weighted by atomic mass is 10.2. The van der Waals surface area contributed by atoms with E-state index in [0.29, 0.717) is 12.6 Å². The molecule has 0 saturated carbocycles. The Balaban J connectivity index is 1.90. The first-order valence-corrected chi connectivity index (χ1v) is 7.79. The van der Waals surface area contributed by atoms with Gasteiger partial charge >= 0.3 is 0 Å². The van der Waals surface area contributed by atoms with Crippen LogP contribution in [0.2, 0.25) is 0 Å². The van der Waals surface area contributed by atoms with Crippen molar-refractivity contribution in [3.8, 4) is 5.75 Å². The van der Waals surface area contributed by atoms with Crippen molar-refractivity contribution in [2.45, 2.75) is 38.8 Å². The van der Waals surface area contributed by atoms with E-state index >= 15 is 0 Å². The molecule has 0 radical (unpaired) electrons. The van der Waals surface area contributed by atoms with Crippen LogP contribution in [0.15, 0.2) is 24.5 Å². The van der Waals surface area contributed by atoms with Crippen LogP contribution in [0.3, 0.4) is 0 Å². The van der Waals surface area contributed by atoms with Gasteiger partial charge in [0.15, 0.2) is 0 Å². The Bertz CT molecular complexity index is 530. The standard InChI is InChI=1S/C17H25N3O2/c1-13(18-3)5-4-6-15-9-17(11-19-10-15)22-16-7-8-20(12-16)14(2)21/h4,6,9-11,13,16,18H,5,7-8,12H2,1-3H3/b6-4+/t13-,16+/m0/s1. The quantitative estimate of drug-likeness (QED) is 0.874. The van der Waals surface area contributed by atoms with Crippen molar-refractivity contribution in [2.75, 3.05) is 20.1 Å². The molecule has 0 aliphatic carbocycles. The molecule has 120 valence electrons. The zero-order chi connectivity index (χ0) is 15.9. The molecule has 5 nitrogen and oxygen atoms in total. The van der Waals surface area contributed by atoms with Crippen molar-refractivity contribution in [3.63, 3.8) is 0 Å². The molecule has 2 heterocycles. The minimum atomic E-state index is 0.0641. The highest BCUT2D eigenvalue weighted by molar-refractivity contribution is 5.73. The summed E-state index contributed by atoms with van der Waals surface area (Å²) in [6, 6.07) is 2.45. The van der Waals surface area contributed by atoms with E-state index < -0.39 is 0 Å². The Morgan fingerprint density at radius 3 is 3.09 bits per heavy atom. The first-order chi connectivity index (χ1) is 10.6. The molecule has 1 amide bonds. The predicted molar refractivity (Wildman–Crippen MR) is 87.7 cm³/mol. The first kappa shape index (κ1) is 16.5. The van der Waals surface area contributed by atoms with Gasteiger partial charge in [0, 0.05) is 32.1 Å². The highest BCUT2D eigenvalue weighted by atomic mass is 16.5. The third-order valence-electron chi connectivity index (χ3n) is 3.92. The average molecular weight is 303 g/mol. The van der Waals surface area contributed by atoms with Gasteiger partial charge in [0.05, 0.1) is 12.7 Å². The minimum Gasteiger partial charge on any atom is -0.487 e. The van der Waals surface area contributed by atoms with E-state index in [4.69, 9.17) is 4.74 Å². The van der Waals surface area contributed by atoms with Gasteiger partial charge in [-0.3, -0.25) is 9.78 Å². The molecule has 0 bridgehead atoms. The molecule has 5 heteroatoms. The molecule has 22 heavy (non-hydrogen) atoms. The van der Waals surface area contributed by atoms with Crippen LogP contribution < -0.4 is 10.1 Å². The lowest BCUT2D eigenvalue weighted by Gasteiger charge is -2.15. The second-order valence-corrected chi connectivity index (χ2v) is 5.78. The molecule has 0 spiro atoms. The minimum absolute atomic E-state index is 0.0641. The number of pyridine rings is 1. The number of nitrogens with zero attached hydrogens (tertiary/aromatic N) is 2. The van der Waals surface area contributed by atoms with Gasteiger partial charge in [-0.05, 0) is 32.0 Å². The number of hydrogen-bond donors (Lipinski definition) is 1. The van der Waals surface area contributed by atoms with Crippen LogP contribution >= 0.6 is 0 Å². The number of amides is 1. The van der Waals surface area contributed by atoms with Gasteiger partial charge in [-0.15, -0.1) is 0 Å². The van der Waals surface area contributed by atoms with Gasteiger partial charge in [-0.1, -0.05) is 12.2 Å². The summed E-state index contributed by atoms with van der Waals surface area (Å²) in [6.45, 7) is 5.18. The molecule has 0 aromatic carbocycles. The van der Waals surface area contributed by atoms with E-state index in [2.05, 4.69) is 29.4 Å². The van der Waals surface area contributed by atoms with Gasteiger partial charge in [0.1, 0.15) is 11.9 Å². The molecule has 1 fully saturated rings. The van der Waals surface area contributed by atoms with Gasteiger partial charge in [0.25, 0.3) is 0 Å². The van der Waals surface area contributed by atoms with Crippen molar-refractivity contribution in [1.82, 2.24) is 15.2 Å². The molecule has 2 rings (SSSR count). The number of nitrogens with one attached hydrogen (secondary N) is 1. The maximum Gasteiger partial charge on any atom is 0.219 e. The van der Waals surface area contributed by atoms with Crippen LogP contribution in [0.25, 0.3) is 6.08 Å². The Labute approximate surface area is 132 Å². The fraction of sp³-hybridized carbons (Fsp3) is 0.529. The summed E-state index contributed by atoms with van der Waals surface area (Å²) in [6.07, 6.45) is 9.65. The molecule has 1 saturated heterocycles. The Morgan fingerprint density at radius 1 is 1.59 bits per heavy atom. The molecule has 1 aliphatic rings. The molecule has 1 N–H and O–H groups in total. The lowest BCUT2D eigenvalue weighted by molar-refractivity contribution is -0.128. The number of aromatic nitrogens is 1. The summed E-state index contributed by atoms with van der Waals surface area (Å²) in [7, 11) is 1.96. The molecule has 1 aromatic rings. The fourth-order valence-corrected chi connectivity index (χ4v) is 2.42. The topological polar surface area (TPSA) is 54.5 Å². The number of carbonyl (C=O) groups is 1. The third kappa shape index (κ3) is 4.84. The summed E-state index contributed by atoms with van der Waals surface area (Å²) >= 11 is 0. The van der Waals surface area contributed by atoms with Crippen molar-refractivity contribution < 1.29 is 9.53 Å². The largest absolute Gasteiger partial charge is 0.487 e. The zero-order valence-corrected chi connectivity index (χ0v) is 13.6. The molecular formula is C17H25N3O2. The second-order valence-electron chi connectivity index (χ2n) is 5.78. The maximum atomic E-state index is 11.3. The molecule has 1 aromatic heterocycles. The highest BCUT2D eigenvalue weighted by Crippen LogP contribution is 2.19. The summed E-state index contributed by atoms with van der Waals surface area (Å²) in [5, 5.41) is 3.20. The van der Waals surface area contributed by atoms with Crippen LogP contribution in [0.5, 0.6) is 5.75 Å². The molecule has 0 unspecified atom stereocenters. The number of hydrogen-bond acceptors (Lipinski definition) is 4. The van der Waals surface area contributed by atoms with Crippen molar-refractivity contribution >= 4 is 12.0 Å². The van der Waals surface area contributed by atoms with E-state index in [0.717, 1.165) is 30.7 Å². The van der Waals surface area contributed by atoms with Crippen LogP contribution in [-0.4, -0.2) is 48.1 Å². The Kier molecular flexibility index (Phi) is 5.95. The fourth-order valence-electron chi connectivity index (χ4n) is 2.42. The SMILES string of the molecule is CN[C@@H](C)C/C=C/c1cncc(O[C@@H]2CCN(C(C)=O)C2)c1. The average Bonchev–Trinajstić information content (AvgIpc) is 2.96. The van der Waals surface area contributed by atoms with Crippen molar-refractivity contribution in [1.29, 1.82) is 0 Å². The maximum absolute atomic E-state index is 11.3. The Morgan fingerprint density at radius 2 is 2.41 bits per heavy atom. The number of carbonyl (C=O) groups excluding carboxylic acids is 1. The molecule has 2 atom stereocenters. The van der Waals surface area contributed by atoms with E-state index in [1.807, 2.05) is 24.2 Å². The van der Waals surface area contributed by atoms with Gasteiger partial charge in [-0.25, -0.2) is 0 Å². The van der Waals surface area contributed by atoms with Gasteiger partial charge in [-0.2, -0.15) is 0 Å². The van der Waals surface area contributed by atoms with E-state index in [9.17, 15) is 4.79 Å². The van der Waals surface area contributed by atoms with E-state index in [1.54, 1.807) is 13.1 Å².